The van der Waals surface area contributed by atoms with Crippen LogP contribution in [-0.4, -0.2) is 24.3 Å². The van der Waals surface area contributed by atoms with Gasteiger partial charge in [-0.05, 0) is 54.6 Å². The number of fused-ring (bicyclic) bond motifs is 1. The van der Waals surface area contributed by atoms with Gasteiger partial charge in [0.15, 0.2) is 0 Å². The molecule has 1 N–H and O–H groups in total. The maximum atomic E-state index is 13.2. The average Bonchev–Trinajstić information content (AvgIpc) is 3.06. The number of halogens is 1. The number of aromatic amines is 1. The Morgan fingerprint density at radius 3 is 2.56 bits per heavy atom. The molecule has 130 valence electrons. The predicted octanol–water partition coefficient (Wildman–Crippen LogP) is 4.74. The van der Waals surface area contributed by atoms with E-state index in [0.29, 0.717) is 16.5 Å². The van der Waals surface area contributed by atoms with Gasteiger partial charge in [-0.15, -0.1) is 0 Å². The summed E-state index contributed by atoms with van der Waals surface area (Å²) in [5, 5.41) is 1.64. The molecule has 4 nitrogen and oxygen atoms in total. The van der Waals surface area contributed by atoms with Crippen LogP contribution in [-0.2, 0) is 10.0 Å². The highest BCUT2D eigenvalue weighted by Crippen LogP contribution is 2.36. The van der Waals surface area contributed by atoms with Crippen LogP contribution in [0.4, 0.5) is 0 Å². The fraction of sp³-hybridized carbons (Fsp3) is 0.263. The lowest BCUT2D eigenvalue weighted by molar-refractivity contribution is 0.252. The fourth-order valence-electron chi connectivity index (χ4n) is 3.52. The molecule has 0 saturated carbocycles. The van der Waals surface area contributed by atoms with E-state index >= 15 is 0 Å². The van der Waals surface area contributed by atoms with Crippen molar-refractivity contribution in [1.29, 1.82) is 0 Å². The van der Waals surface area contributed by atoms with Crippen LogP contribution in [0.5, 0.6) is 0 Å². The molecule has 4 rings (SSSR count). The first-order valence-electron chi connectivity index (χ1n) is 8.41. The largest absolute Gasteiger partial charge is 0.357 e. The fourth-order valence-corrected chi connectivity index (χ4v) is 5.32. The van der Waals surface area contributed by atoms with E-state index in [1.165, 1.54) is 0 Å². The van der Waals surface area contributed by atoms with Crippen LogP contribution in [0.15, 0.2) is 59.5 Å². The second kappa shape index (κ2) is 6.48. The van der Waals surface area contributed by atoms with Crippen LogP contribution in [0.25, 0.3) is 10.9 Å². The minimum absolute atomic E-state index is 0.165. The average molecular weight is 375 g/mol. The van der Waals surface area contributed by atoms with Gasteiger partial charge in [0.1, 0.15) is 0 Å². The molecule has 1 unspecified atom stereocenters. The molecule has 6 heteroatoms. The Labute approximate surface area is 152 Å². The van der Waals surface area contributed by atoms with E-state index in [-0.39, 0.29) is 6.04 Å². The highest BCUT2D eigenvalue weighted by Gasteiger charge is 2.35. The summed E-state index contributed by atoms with van der Waals surface area (Å²) in [5.41, 5.74) is 1.99. The van der Waals surface area contributed by atoms with Crippen LogP contribution in [0.3, 0.4) is 0 Å². The zero-order valence-electron chi connectivity index (χ0n) is 13.7. The molecule has 0 amide bonds. The van der Waals surface area contributed by atoms with Crippen molar-refractivity contribution >= 4 is 32.5 Å². The smallest absolute Gasteiger partial charge is 0.243 e. The Bertz CT molecular complexity index is 963. The number of nitrogens with one attached hydrogen (secondary N) is 1. The molecule has 1 fully saturated rings. The summed E-state index contributed by atoms with van der Waals surface area (Å²) in [6.07, 6.45) is 2.72. The summed E-state index contributed by atoms with van der Waals surface area (Å²) >= 11 is 5.90. The van der Waals surface area contributed by atoms with Gasteiger partial charge in [-0.25, -0.2) is 8.42 Å². The van der Waals surface area contributed by atoms with E-state index in [2.05, 4.69) is 11.1 Å². The predicted molar refractivity (Wildman–Crippen MR) is 100 cm³/mol. The molecule has 1 aromatic heterocycles. The summed E-state index contributed by atoms with van der Waals surface area (Å²) < 4.78 is 28.0. The van der Waals surface area contributed by atoms with Gasteiger partial charge >= 0.3 is 0 Å². The van der Waals surface area contributed by atoms with Gasteiger partial charge in [-0.2, -0.15) is 4.31 Å². The molecule has 1 atom stereocenters. The van der Waals surface area contributed by atoms with Crippen LogP contribution in [0.1, 0.15) is 31.0 Å². The van der Waals surface area contributed by atoms with Gasteiger partial charge in [-0.1, -0.05) is 36.2 Å². The van der Waals surface area contributed by atoms with Crippen molar-refractivity contribution in [2.24, 2.45) is 0 Å². The summed E-state index contributed by atoms with van der Waals surface area (Å²) in [7, 11) is -3.56. The van der Waals surface area contributed by atoms with Gasteiger partial charge < -0.3 is 4.98 Å². The quantitative estimate of drug-likeness (QED) is 0.720. The first-order valence-corrected chi connectivity index (χ1v) is 10.2. The SMILES string of the molecule is O=S(=O)(c1ccc(Cl)cc1)N1CCCCC1c1cc2ccccc2[nH]1. The first kappa shape index (κ1) is 16.6. The standard InChI is InChI=1S/C19H19ClN2O2S/c20-15-8-10-16(11-9-15)25(23,24)22-12-4-3-7-19(22)18-13-14-5-1-2-6-17(14)21-18/h1-2,5-6,8-11,13,19,21H,3-4,7,12H2. The molecule has 0 bridgehead atoms. The lowest BCUT2D eigenvalue weighted by atomic mass is 10.0. The zero-order valence-corrected chi connectivity index (χ0v) is 15.2. The normalized spacial score (nSPS) is 19.3. The Morgan fingerprint density at radius 2 is 1.80 bits per heavy atom. The molecule has 1 aliphatic heterocycles. The number of benzene rings is 2. The molecule has 0 radical (unpaired) electrons. The number of sulfonamides is 1. The number of hydrogen-bond acceptors (Lipinski definition) is 2. The lowest BCUT2D eigenvalue weighted by Crippen LogP contribution is -2.38. The molecular formula is C19H19ClN2O2S. The number of piperidine rings is 1. The third kappa shape index (κ3) is 3.08. The minimum Gasteiger partial charge on any atom is -0.357 e. The van der Waals surface area contributed by atoms with E-state index in [9.17, 15) is 8.42 Å². The molecule has 0 spiro atoms. The van der Waals surface area contributed by atoms with Crippen molar-refractivity contribution in [3.63, 3.8) is 0 Å². The Balaban J connectivity index is 1.74. The number of nitrogens with zero attached hydrogens (tertiary/aromatic N) is 1. The van der Waals surface area contributed by atoms with Crippen LogP contribution >= 0.6 is 11.6 Å². The van der Waals surface area contributed by atoms with Crippen molar-refractivity contribution in [2.45, 2.75) is 30.2 Å². The highest BCUT2D eigenvalue weighted by molar-refractivity contribution is 7.89. The zero-order chi connectivity index (χ0) is 17.4. The lowest BCUT2D eigenvalue weighted by Gasteiger charge is -2.34. The van der Waals surface area contributed by atoms with E-state index in [0.717, 1.165) is 35.9 Å². The molecule has 2 heterocycles. The number of rotatable bonds is 3. The summed E-state index contributed by atoms with van der Waals surface area (Å²) in [6, 6.07) is 16.3. The second-order valence-electron chi connectivity index (χ2n) is 6.39. The summed E-state index contributed by atoms with van der Waals surface area (Å²) in [4.78, 5) is 3.69. The molecule has 3 aromatic rings. The Morgan fingerprint density at radius 1 is 1.04 bits per heavy atom. The number of para-hydroxylation sites is 1. The monoisotopic (exact) mass is 374 g/mol. The first-order chi connectivity index (χ1) is 12.1. The number of hydrogen-bond donors (Lipinski definition) is 1. The van der Waals surface area contributed by atoms with Crippen molar-refractivity contribution in [3.8, 4) is 0 Å². The van der Waals surface area contributed by atoms with Crippen molar-refractivity contribution < 1.29 is 8.42 Å². The summed E-state index contributed by atoms with van der Waals surface area (Å²) in [6.45, 7) is 0.533. The minimum atomic E-state index is -3.56. The van der Waals surface area contributed by atoms with Crippen LogP contribution < -0.4 is 0 Å². The van der Waals surface area contributed by atoms with E-state index < -0.39 is 10.0 Å². The highest BCUT2D eigenvalue weighted by atomic mass is 35.5. The molecule has 1 saturated heterocycles. The third-order valence-electron chi connectivity index (χ3n) is 4.78. The maximum Gasteiger partial charge on any atom is 0.243 e. The topological polar surface area (TPSA) is 53.2 Å². The van der Waals surface area contributed by atoms with Gasteiger partial charge in [-0.3, -0.25) is 0 Å². The molecule has 0 aliphatic carbocycles. The van der Waals surface area contributed by atoms with Gasteiger partial charge in [0.25, 0.3) is 0 Å². The second-order valence-corrected chi connectivity index (χ2v) is 8.72. The Kier molecular flexibility index (Phi) is 4.31. The van der Waals surface area contributed by atoms with Gasteiger partial charge in [0.2, 0.25) is 10.0 Å². The molecule has 1 aliphatic rings. The van der Waals surface area contributed by atoms with Crippen molar-refractivity contribution in [2.75, 3.05) is 6.54 Å². The number of H-pyrrole nitrogens is 1. The van der Waals surface area contributed by atoms with Gasteiger partial charge in [0, 0.05) is 22.8 Å². The maximum absolute atomic E-state index is 13.2. The van der Waals surface area contributed by atoms with Crippen molar-refractivity contribution in [1.82, 2.24) is 9.29 Å². The van der Waals surface area contributed by atoms with Crippen LogP contribution in [0, 0.1) is 0 Å². The molecule has 25 heavy (non-hydrogen) atoms. The van der Waals surface area contributed by atoms with Crippen molar-refractivity contribution in [3.05, 3.63) is 65.3 Å². The van der Waals surface area contributed by atoms with E-state index in [1.807, 2.05) is 24.3 Å². The molecule has 2 aromatic carbocycles. The third-order valence-corrected chi connectivity index (χ3v) is 6.96. The Hall–Kier alpha value is -1.82. The van der Waals surface area contributed by atoms with E-state index in [4.69, 9.17) is 11.6 Å². The number of aromatic nitrogens is 1. The summed E-state index contributed by atoms with van der Waals surface area (Å²) in [5.74, 6) is 0. The van der Waals surface area contributed by atoms with E-state index in [1.54, 1.807) is 28.6 Å². The van der Waals surface area contributed by atoms with Crippen LogP contribution in [0.2, 0.25) is 5.02 Å². The van der Waals surface area contributed by atoms with Gasteiger partial charge in [0.05, 0.1) is 10.9 Å². The molecular weight excluding hydrogens is 356 g/mol.